The molecule has 0 heterocycles. The first kappa shape index (κ1) is 39.0. The molecule has 46 heavy (non-hydrogen) atoms. The summed E-state index contributed by atoms with van der Waals surface area (Å²) < 4.78 is 75.0. The molecule has 0 saturated heterocycles. The number of aliphatic carboxylic acids is 1. The van der Waals surface area contributed by atoms with E-state index < -0.39 is 67.9 Å². The Bertz CT molecular complexity index is 1390. The van der Waals surface area contributed by atoms with Gasteiger partial charge in [-0.15, -0.1) is 0 Å². The van der Waals surface area contributed by atoms with Gasteiger partial charge in [-0.05, 0) is 57.0 Å². The minimum absolute atomic E-state index is 0.0369. The number of benzene rings is 2. The molecule has 0 radical (unpaired) electrons. The quantitative estimate of drug-likeness (QED) is 0.170. The minimum Gasteiger partial charge on any atom is -0.487 e. The van der Waals surface area contributed by atoms with Crippen LogP contribution in [0.4, 0.5) is 28.0 Å². The molecule has 0 bridgehead atoms. The molecule has 2 N–H and O–H groups in total. The Labute approximate surface area is 275 Å². The molecule has 256 valence electrons. The largest absolute Gasteiger partial charge is 0.487 e. The van der Waals surface area contributed by atoms with Gasteiger partial charge in [0.1, 0.15) is 30.2 Å². The van der Waals surface area contributed by atoms with E-state index in [0.717, 1.165) is 6.07 Å². The third-order valence-corrected chi connectivity index (χ3v) is 12.4. The molecule has 0 aliphatic carbocycles. The first-order chi connectivity index (χ1) is 20.9. The fourth-order valence-electron chi connectivity index (χ4n) is 3.85. The first-order valence-corrected chi connectivity index (χ1v) is 18.0. The molecule has 0 aromatic heterocycles. The number of ether oxygens (including phenoxy) is 2. The zero-order chi connectivity index (χ0) is 35.3. The van der Waals surface area contributed by atoms with Crippen LogP contribution in [0, 0.1) is 5.82 Å². The van der Waals surface area contributed by atoms with E-state index in [1.165, 1.54) is 0 Å². The minimum atomic E-state index is -5.54. The van der Waals surface area contributed by atoms with Gasteiger partial charge in [0.2, 0.25) is 0 Å². The number of amides is 2. The number of alkyl halides is 3. The highest BCUT2D eigenvalue weighted by Gasteiger charge is 2.46. The van der Waals surface area contributed by atoms with Crippen LogP contribution in [0.25, 0.3) is 0 Å². The second-order valence-electron chi connectivity index (χ2n) is 13.2. The van der Waals surface area contributed by atoms with Crippen molar-refractivity contribution in [2.45, 2.75) is 90.5 Å². The number of nitrogens with zero attached hydrogens (tertiary/aromatic N) is 1. The molecule has 2 rings (SSSR count). The zero-order valence-corrected chi connectivity index (χ0v) is 29.7. The summed E-state index contributed by atoms with van der Waals surface area (Å²) in [6.45, 7) is 13.0. The summed E-state index contributed by atoms with van der Waals surface area (Å²) in [7, 11) is -2.41. The highest BCUT2D eigenvalue weighted by atomic mass is 79.9. The summed E-state index contributed by atoms with van der Waals surface area (Å²) in [5.74, 6) is -6.27. The van der Waals surface area contributed by atoms with Crippen LogP contribution in [0.1, 0.15) is 52.7 Å². The number of halogens is 5. The normalized spacial score (nSPS) is 13.2. The lowest BCUT2D eigenvalue weighted by Gasteiger charge is -2.37. The van der Waals surface area contributed by atoms with Crippen molar-refractivity contribution < 1.29 is 51.0 Å². The van der Waals surface area contributed by atoms with E-state index in [4.69, 9.17) is 13.9 Å². The second kappa shape index (κ2) is 15.2. The Hall–Kier alpha value is -3.17. The summed E-state index contributed by atoms with van der Waals surface area (Å²) in [6.07, 6.45) is -6.72. The van der Waals surface area contributed by atoms with Crippen molar-refractivity contribution in [2.24, 2.45) is 0 Å². The number of carbonyl (C=O) groups is 3. The number of hydrogen-bond donors (Lipinski definition) is 2. The van der Waals surface area contributed by atoms with Gasteiger partial charge in [0.25, 0.3) is 0 Å². The van der Waals surface area contributed by atoms with Crippen molar-refractivity contribution in [2.75, 3.05) is 18.1 Å². The van der Waals surface area contributed by atoms with Gasteiger partial charge in [-0.1, -0.05) is 67.0 Å². The summed E-state index contributed by atoms with van der Waals surface area (Å²) in [5, 5.41) is 11.8. The van der Waals surface area contributed by atoms with Crippen LogP contribution in [0.3, 0.4) is 0 Å². The zero-order valence-electron chi connectivity index (χ0n) is 27.1. The third kappa shape index (κ3) is 11.3. The lowest BCUT2D eigenvalue weighted by molar-refractivity contribution is -0.171. The van der Waals surface area contributed by atoms with Crippen LogP contribution in [-0.4, -0.2) is 62.4 Å². The average Bonchev–Trinajstić information content (AvgIpc) is 2.89. The third-order valence-electron chi connectivity index (χ3n) is 7.16. The number of hydrogen-bond acceptors (Lipinski definition) is 6. The summed E-state index contributed by atoms with van der Waals surface area (Å²) in [4.78, 5) is 36.7. The van der Waals surface area contributed by atoms with E-state index in [9.17, 15) is 32.7 Å². The van der Waals surface area contributed by atoms with E-state index >= 15 is 4.39 Å². The number of nitrogens with one attached hydrogen (secondary N) is 1. The number of carbonyl (C=O) groups excluding carboxylic acids is 2. The Morgan fingerprint density at radius 1 is 1.04 bits per heavy atom. The van der Waals surface area contributed by atoms with Gasteiger partial charge in [0.05, 0.1) is 12.6 Å². The lowest BCUT2D eigenvalue weighted by atomic mass is 10.0. The predicted molar refractivity (Wildman–Crippen MR) is 171 cm³/mol. The number of alkyl carbamates (subject to hydrolysis) is 1. The number of rotatable bonds is 12. The standard InChI is InChI=1S/C31H41BrF4N2O7Si/c1-29(2,3)45-28(42)37-20(18-44-46(7,8)30(4,5)6)14-21-22(32)15-23(43-17-19-12-10-9-11-13-19)26(25(21)33)38(16-24(39)40)27(41)31(34,35)36/h9-13,15,20H,14,16-18H2,1-8H3,(H,37,42)(H,39,40). The van der Waals surface area contributed by atoms with Crippen LogP contribution < -0.4 is 15.0 Å². The molecule has 2 aromatic rings. The van der Waals surface area contributed by atoms with Gasteiger partial charge in [-0.25, -0.2) is 9.18 Å². The predicted octanol–water partition coefficient (Wildman–Crippen LogP) is 7.60. The van der Waals surface area contributed by atoms with Crippen molar-refractivity contribution in [3.63, 3.8) is 0 Å². The summed E-state index contributed by atoms with van der Waals surface area (Å²) in [5.41, 5.74) is -1.57. The van der Waals surface area contributed by atoms with Crippen LogP contribution in [-0.2, 0) is 31.8 Å². The molecule has 0 aliphatic rings. The Morgan fingerprint density at radius 2 is 1.63 bits per heavy atom. The molecule has 0 spiro atoms. The van der Waals surface area contributed by atoms with E-state index in [1.54, 1.807) is 51.1 Å². The van der Waals surface area contributed by atoms with Crippen molar-refractivity contribution in [3.8, 4) is 5.75 Å². The second-order valence-corrected chi connectivity index (χ2v) is 18.8. The maximum atomic E-state index is 16.6. The average molecular weight is 738 g/mol. The maximum absolute atomic E-state index is 16.6. The van der Waals surface area contributed by atoms with E-state index in [-0.39, 0.29) is 39.6 Å². The molecule has 0 aliphatic heterocycles. The SMILES string of the molecule is CC(C)(C)OC(=O)NC(CO[Si](C)(C)C(C)(C)C)Cc1c(Br)cc(OCc2ccccc2)c(N(CC(=O)O)C(=O)C(F)(F)F)c1F. The topological polar surface area (TPSA) is 114 Å². The number of anilines is 1. The van der Waals surface area contributed by atoms with Gasteiger partial charge in [-0.3, -0.25) is 14.5 Å². The highest BCUT2D eigenvalue weighted by molar-refractivity contribution is 9.10. The molecule has 0 saturated carbocycles. The molecule has 2 aromatic carbocycles. The smallest absolute Gasteiger partial charge is 0.471 e. The first-order valence-electron chi connectivity index (χ1n) is 14.3. The molecular weight excluding hydrogens is 696 g/mol. The van der Waals surface area contributed by atoms with Crippen LogP contribution >= 0.6 is 15.9 Å². The van der Waals surface area contributed by atoms with Crippen LogP contribution in [0.15, 0.2) is 40.9 Å². The molecule has 15 heteroatoms. The van der Waals surface area contributed by atoms with Gasteiger partial charge >= 0.3 is 24.1 Å². The van der Waals surface area contributed by atoms with E-state index in [2.05, 4.69) is 21.2 Å². The highest BCUT2D eigenvalue weighted by Crippen LogP contribution is 2.41. The van der Waals surface area contributed by atoms with E-state index in [0.29, 0.717) is 5.56 Å². The van der Waals surface area contributed by atoms with Crippen molar-refractivity contribution >= 4 is 47.9 Å². The maximum Gasteiger partial charge on any atom is 0.471 e. The summed E-state index contributed by atoms with van der Waals surface area (Å²) in [6, 6.07) is 8.63. The fourth-order valence-corrected chi connectivity index (χ4v) is 5.44. The Morgan fingerprint density at radius 3 is 2.13 bits per heavy atom. The lowest BCUT2D eigenvalue weighted by Crippen LogP contribution is -2.48. The van der Waals surface area contributed by atoms with Crippen molar-refractivity contribution in [1.82, 2.24) is 5.32 Å². The monoisotopic (exact) mass is 736 g/mol. The fraction of sp³-hybridized carbons (Fsp3) is 0.516. The molecular formula is C31H41BrF4N2O7Si. The van der Waals surface area contributed by atoms with Gasteiger partial charge in [0, 0.05) is 10.0 Å². The van der Waals surface area contributed by atoms with Crippen molar-refractivity contribution in [1.29, 1.82) is 0 Å². The Balaban J connectivity index is 2.69. The molecule has 9 nitrogen and oxygen atoms in total. The van der Waals surface area contributed by atoms with Gasteiger partial charge < -0.3 is 24.3 Å². The van der Waals surface area contributed by atoms with Crippen molar-refractivity contribution in [3.05, 3.63) is 57.8 Å². The Kier molecular flexibility index (Phi) is 12.9. The molecule has 1 unspecified atom stereocenters. The molecule has 0 fully saturated rings. The number of carboxylic acid groups (broad SMARTS) is 1. The molecule has 2 amide bonds. The van der Waals surface area contributed by atoms with Crippen LogP contribution in [0.2, 0.25) is 18.1 Å². The van der Waals surface area contributed by atoms with Gasteiger partial charge in [-0.2, -0.15) is 13.2 Å². The molecule has 1 atom stereocenters. The summed E-state index contributed by atoms with van der Waals surface area (Å²) >= 11 is 3.26. The van der Waals surface area contributed by atoms with Crippen LogP contribution in [0.5, 0.6) is 5.75 Å². The van der Waals surface area contributed by atoms with E-state index in [1.807, 2.05) is 33.9 Å². The number of carboxylic acids is 1. The van der Waals surface area contributed by atoms with Gasteiger partial charge in [0.15, 0.2) is 14.1 Å².